The highest BCUT2D eigenvalue weighted by Crippen LogP contribution is 2.33. The van der Waals surface area contributed by atoms with Crippen LogP contribution >= 0.6 is 0 Å². The van der Waals surface area contributed by atoms with Crippen molar-refractivity contribution in [2.45, 2.75) is 29.8 Å². The van der Waals surface area contributed by atoms with Gasteiger partial charge < -0.3 is 13.9 Å². The minimum Gasteiger partial charge on any atom is -0.482 e. The minimum atomic E-state index is -3.62. The summed E-state index contributed by atoms with van der Waals surface area (Å²) in [5, 5.41) is 0. The molecule has 2 heterocycles. The predicted octanol–water partition coefficient (Wildman–Crippen LogP) is 2.24. The number of fused-ring (bicyclic) bond motifs is 1. The molecule has 1 aliphatic heterocycles. The SMILES string of the molecule is CC1Oc2ccccc2OC1C(=O)NNC(=O)c1ccc(CS(=O)(=O)c2ccccc2)o1. The van der Waals surface area contributed by atoms with Gasteiger partial charge in [-0.25, -0.2) is 8.42 Å². The van der Waals surface area contributed by atoms with E-state index in [0.29, 0.717) is 11.5 Å². The third kappa shape index (κ3) is 4.59. The van der Waals surface area contributed by atoms with E-state index in [1.165, 1.54) is 24.3 Å². The largest absolute Gasteiger partial charge is 0.482 e. The van der Waals surface area contributed by atoms with Crippen molar-refractivity contribution >= 4 is 21.7 Å². The number of rotatable bonds is 5. The Morgan fingerprint density at radius 3 is 2.25 bits per heavy atom. The lowest BCUT2D eigenvalue weighted by molar-refractivity contribution is -0.134. The molecular weight excluding hydrogens is 436 g/mol. The fraction of sp³-hybridized carbons (Fsp3) is 0.182. The molecule has 9 nitrogen and oxygen atoms in total. The first-order chi connectivity index (χ1) is 15.3. The quantitative estimate of drug-likeness (QED) is 0.564. The first kappa shape index (κ1) is 21.4. The van der Waals surface area contributed by atoms with Gasteiger partial charge >= 0.3 is 5.91 Å². The Kier molecular flexibility index (Phi) is 5.87. The van der Waals surface area contributed by atoms with Crippen LogP contribution in [0.2, 0.25) is 0 Å². The van der Waals surface area contributed by atoms with Crippen molar-refractivity contribution in [3.63, 3.8) is 0 Å². The van der Waals surface area contributed by atoms with Crippen molar-refractivity contribution in [3.05, 3.63) is 78.3 Å². The van der Waals surface area contributed by atoms with E-state index in [1.807, 2.05) is 0 Å². The van der Waals surface area contributed by atoms with E-state index in [0.717, 1.165) is 0 Å². The molecule has 2 N–H and O–H groups in total. The van der Waals surface area contributed by atoms with E-state index in [2.05, 4.69) is 10.9 Å². The van der Waals surface area contributed by atoms with Crippen LogP contribution in [0.25, 0.3) is 0 Å². The Morgan fingerprint density at radius 1 is 0.875 bits per heavy atom. The van der Waals surface area contributed by atoms with Crippen LogP contribution in [0.15, 0.2) is 76.0 Å². The first-order valence-corrected chi connectivity index (χ1v) is 11.4. The van der Waals surface area contributed by atoms with Gasteiger partial charge in [0.25, 0.3) is 5.91 Å². The molecule has 2 unspecified atom stereocenters. The second-order valence-corrected chi connectivity index (χ2v) is 9.08. The minimum absolute atomic E-state index is 0.0968. The maximum absolute atomic E-state index is 12.5. The summed E-state index contributed by atoms with van der Waals surface area (Å²) >= 11 is 0. The van der Waals surface area contributed by atoms with Crippen LogP contribution in [-0.2, 0) is 20.4 Å². The van der Waals surface area contributed by atoms with Crippen molar-refractivity contribution in [1.29, 1.82) is 0 Å². The summed E-state index contributed by atoms with van der Waals surface area (Å²) < 4.78 is 41.6. The zero-order valence-electron chi connectivity index (χ0n) is 17.0. The Labute approximate surface area is 184 Å². The number of ether oxygens (including phenoxy) is 2. The van der Waals surface area contributed by atoms with Crippen LogP contribution in [0.4, 0.5) is 0 Å². The number of benzene rings is 2. The fourth-order valence-corrected chi connectivity index (χ4v) is 4.40. The summed E-state index contributed by atoms with van der Waals surface area (Å²) in [6.07, 6.45) is -1.56. The van der Waals surface area contributed by atoms with E-state index in [1.54, 1.807) is 49.4 Å². The van der Waals surface area contributed by atoms with E-state index in [4.69, 9.17) is 13.9 Å². The van der Waals surface area contributed by atoms with Gasteiger partial charge in [0.05, 0.1) is 4.90 Å². The van der Waals surface area contributed by atoms with Gasteiger partial charge in [0.2, 0.25) is 6.10 Å². The smallest absolute Gasteiger partial charge is 0.305 e. The molecule has 0 radical (unpaired) electrons. The first-order valence-electron chi connectivity index (χ1n) is 9.72. The summed E-state index contributed by atoms with van der Waals surface area (Å²) in [6, 6.07) is 17.6. The maximum atomic E-state index is 12.5. The molecule has 2 amide bonds. The highest BCUT2D eigenvalue weighted by molar-refractivity contribution is 7.90. The van der Waals surface area contributed by atoms with Crippen molar-refractivity contribution in [1.82, 2.24) is 10.9 Å². The molecule has 4 rings (SSSR count). The monoisotopic (exact) mass is 456 g/mol. The van der Waals surface area contributed by atoms with E-state index in [-0.39, 0.29) is 16.4 Å². The molecule has 0 saturated heterocycles. The predicted molar refractivity (Wildman–Crippen MR) is 113 cm³/mol. The number of carbonyl (C=O) groups is 2. The molecule has 166 valence electrons. The number of amides is 2. The van der Waals surface area contributed by atoms with Crippen LogP contribution in [0.5, 0.6) is 11.5 Å². The van der Waals surface area contributed by atoms with Gasteiger partial charge in [0.15, 0.2) is 27.1 Å². The van der Waals surface area contributed by atoms with E-state index >= 15 is 0 Å². The van der Waals surface area contributed by atoms with Crippen LogP contribution in [0.1, 0.15) is 23.2 Å². The van der Waals surface area contributed by atoms with Gasteiger partial charge in [0, 0.05) is 0 Å². The number of sulfone groups is 1. The molecule has 0 bridgehead atoms. The van der Waals surface area contributed by atoms with Gasteiger partial charge in [-0.15, -0.1) is 0 Å². The number of nitrogens with one attached hydrogen (secondary N) is 2. The molecule has 2 atom stereocenters. The molecule has 1 aliphatic rings. The third-order valence-electron chi connectivity index (χ3n) is 4.72. The number of hydrazine groups is 1. The number of hydrogen-bond donors (Lipinski definition) is 2. The molecule has 2 aromatic carbocycles. The van der Waals surface area contributed by atoms with Crippen molar-refractivity contribution in [2.75, 3.05) is 0 Å². The molecule has 1 aromatic heterocycles. The topological polar surface area (TPSA) is 124 Å². The summed E-state index contributed by atoms with van der Waals surface area (Å²) in [6.45, 7) is 1.67. The highest BCUT2D eigenvalue weighted by atomic mass is 32.2. The molecule has 3 aromatic rings. The second kappa shape index (κ2) is 8.75. The van der Waals surface area contributed by atoms with Crippen molar-refractivity contribution in [2.24, 2.45) is 0 Å². The molecule has 0 aliphatic carbocycles. The van der Waals surface area contributed by atoms with Crippen LogP contribution in [-0.4, -0.2) is 32.4 Å². The van der Waals surface area contributed by atoms with Crippen LogP contribution < -0.4 is 20.3 Å². The Hall–Kier alpha value is -3.79. The van der Waals surface area contributed by atoms with Gasteiger partial charge in [0.1, 0.15) is 17.6 Å². The maximum Gasteiger partial charge on any atom is 0.305 e. The van der Waals surface area contributed by atoms with E-state index < -0.39 is 39.6 Å². The lowest BCUT2D eigenvalue weighted by Gasteiger charge is -2.30. The van der Waals surface area contributed by atoms with Crippen molar-refractivity contribution < 1.29 is 31.9 Å². The average Bonchev–Trinajstić information content (AvgIpc) is 3.25. The summed E-state index contributed by atoms with van der Waals surface area (Å²) in [7, 11) is -3.62. The molecule has 10 heteroatoms. The summed E-state index contributed by atoms with van der Waals surface area (Å²) in [5.41, 5.74) is 4.50. The number of furan rings is 1. The summed E-state index contributed by atoms with van der Waals surface area (Å²) in [5.74, 6) is -0.859. The number of para-hydroxylation sites is 2. The number of carbonyl (C=O) groups excluding carboxylic acids is 2. The molecule has 0 fully saturated rings. The Morgan fingerprint density at radius 2 is 1.53 bits per heavy atom. The van der Waals surface area contributed by atoms with Crippen LogP contribution in [0.3, 0.4) is 0 Å². The molecule has 0 spiro atoms. The zero-order valence-corrected chi connectivity index (χ0v) is 17.8. The van der Waals surface area contributed by atoms with Crippen molar-refractivity contribution in [3.8, 4) is 11.5 Å². The highest BCUT2D eigenvalue weighted by Gasteiger charge is 2.34. The van der Waals surface area contributed by atoms with Gasteiger partial charge in [-0.2, -0.15) is 0 Å². The molecule has 0 saturated carbocycles. The lowest BCUT2D eigenvalue weighted by atomic mass is 10.1. The van der Waals surface area contributed by atoms with Gasteiger partial charge in [-0.05, 0) is 43.3 Å². The molecular formula is C22H20N2O7S. The fourth-order valence-electron chi connectivity index (χ4n) is 3.13. The average molecular weight is 456 g/mol. The standard InChI is InChI=1S/C22H20N2O7S/c1-14-20(31-18-10-6-5-9-17(18)29-14)22(26)24-23-21(25)19-12-11-15(30-19)13-32(27,28)16-7-3-2-4-8-16/h2-12,14,20H,13H2,1H3,(H,23,25)(H,24,26). The lowest BCUT2D eigenvalue weighted by Crippen LogP contribution is -2.53. The van der Waals surface area contributed by atoms with E-state index in [9.17, 15) is 18.0 Å². The normalized spacial score (nSPS) is 17.4. The Bertz CT molecular complexity index is 1240. The second-order valence-electron chi connectivity index (χ2n) is 7.09. The third-order valence-corrected chi connectivity index (χ3v) is 6.37. The van der Waals surface area contributed by atoms with Gasteiger partial charge in [-0.3, -0.25) is 20.4 Å². The van der Waals surface area contributed by atoms with Crippen LogP contribution in [0, 0.1) is 0 Å². The Balaban J connectivity index is 1.35. The molecule has 32 heavy (non-hydrogen) atoms. The zero-order chi connectivity index (χ0) is 22.7. The van der Waals surface area contributed by atoms with Gasteiger partial charge in [-0.1, -0.05) is 30.3 Å². The summed E-state index contributed by atoms with van der Waals surface area (Å²) in [4.78, 5) is 24.9. The number of hydrogen-bond acceptors (Lipinski definition) is 7.